The fourth-order valence-corrected chi connectivity index (χ4v) is 1.59. The number of nitrogens with one attached hydrogen (secondary N) is 2. The third-order valence-corrected chi connectivity index (χ3v) is 2.73. The molecule has 66 valence electrons. The lowest BCUT2D eigenvalue weighted by atomic mass is 9.81. The number of H-pyrrole nitrogens is 1. The van der Waals surface area contributed by atoms with Gasteiger partial charge in [0.1, 0.15) is 0 Å². The third kappa shape index (κ3) is 1.50. The van der Waals surface area contributed by atoms with Gasteiger partial charge in [0.2, 0.25) is 0 Å². The average molecular weight is 165 g/mol. The number of hydrogen-bond donors (Lipinski definition) is 2. The number of aromatic amines is 1. The molecule has 1 saturated carbocycles. The van der Waals surface area contributed by atoms with Crippen molar-refractivity contribution in [2.24, 2.45) is 5.92 Å². The zero-order chi connectivity index (χ0) is 8.39. The molecule has 3 heteroatoms. The summed E-state index contributed by atoms with van der Waals surface area (Å²) >= 11 is 0. The highest BCUT2D eigenvalue weighted by Gasteiger charge is 2.25. The maximum atomic E-state index is 3.90. The van der Waals surface area contributed by atoms with E-state index in [1.165, 1.54) is 18.5 Å². The SMILES string of the molecule is CC1CCC1NCc1ccn[nH]1. The van der Waals surface area contributed by atoms with Crippen LogP contribution in [-0.4, -0.2) is 16.2 Å². The molecule has 2 rings (SSSR count). The molecule has 0 aromatic carbocycles. The van der Waals surface area contributed by atoms with Gasteiger partial charge in [-0.05, 0) is 24.8 Å². The Morgan fingerprint density at radius 3 is 3.08 bits per heavy atom. The summed E-state index contributed by atoms with van der Waals surface area (Å²) in [6.07, 6.45) is 4.50. The molecule has 1 heterocycles. The average Bonchev–Trinajstić information content (AvgIpc) is 2.54. The molecule has 0 saturated heterocycles. The van der Waals surface area contributed by atoms with Gasteiger partial charge in [-0.25, -0.2) is 0 Å². The summed E-state index contributed by atoms with van der Waals surface area (Å²) in [7, 11) is 0. The molecular weight excluding hydrogens is 150 g/mol. The van der Waals surface area contributed by atoms with Crippen molar-refractivity contribution in [2.45, 2.75) is 32.4 Å². The van der Waals surface area contributed by atoms with E-state index in [4.69, 9.17) is 0 Å². The fourth-order valence-electron chi connectivity index (χ4n) is 1.59. The van der Waals surface area contributed by atoms with E-state index in [2.05, 4.69) is 22.4 Å². The monoisotopic (exact) mass is 165 g/mol. The molecule has 1 aliphatic carbocycles. The molecule has 12 heavy (non-hydrogen) atoms. The van der Waals surface area contributed by atoms with Crippen LogP contribution < -0.4 is 5.32 Å². The number of nitrogens with zero attached hydrogens (tertiary/aromatic N) is 1. The minimum atomic E-state index is 0.730. The fraction of sp³-hybridized carbons (Fsp3) is 0.667. The summed E-state index contributed by atoms with van der Waals surface area (Å²) < 4.78 is 0. The Hall–Kier alpha value is -0.830. The minimum Gasteiger partial charge on any atom is -0.308 e. The van der Waals surface area contributed by atoms with Crippen LogP contribution in [0.3, 0.4) is 0 Å². The highest BCUT2D eigenvalue weighted by atomic mass is 15.1. The summed E-state index contributed by atoms with van der Waals surface area (Å²) in [4.78, 5) is 0. The lowest BCUT2D eigenvalue weighted by Crippen LogP contribution is -2.41. The highest BCUT2D eigenvalue weighted by Crippen LogP contribution is 2.26. The molecule has 0 amide bonds. The van der Waals surface area contributed by atoms with Crippen LogP contribution in [0.2, 0.25) is 0 Å². The van der Waals surface area contributed by atoms with Crippen molar-refractivity contribution in [1.82, 2.24) is 15.5 Å². The molecule has 1 aromatic heterocycles. The first kappa shape index (κ1) is 7.80. The predicted octanol–water partition coefficient (Wildman–Crippen LogP) is 1.30. The normalized spacial score (nSPS) is 28.4. The Morgan fingerprint density at radius 2 is 2.58 bits per heavy atom. The van der Waals surface area contributed by atoms with E-state index in [0.717, 1.165) is 18.5 Å². The van der Waals surface area contributed by atoms with Gasteiger partial charge in [0.15, 0.2) is 0 Å². The first-order valence-corrected chi connectivity index (χ1v) is 4.58. The summed E-state index contributed by atoms with van der Waals surface area (Å²) in [6.45, 7) is 3.23. The summed E-state index contributed by atoms with van der Waals surface area (Å²) in [6, 6.07) is 2.74. The quantitative estimate of drug-likeness (QED) is 0.708. The maximum absolute atomic E-state index is 3.90. The molecule has 1 aromatic rings. The molecule has 1 fully saturated rings. The van der Waals surface area contributed by atoms with Crippen LogP contribution in [0.15, 0.2) is 12.3 Å². The second-order valence-corrected chi connectivity index (χ2v) is 3.62. The Morgan fingerprint density at radius 1 is 1.67 bits per heavy atom. The Kier molecular flexibility index (Phi) is 2.13. The van der Waals surface area contributed by atoms with Gasteiger partial charge in [-0.15, -0.1) is 0 Å². The lowest BCUT2D eigenvalue weighted by molar-refractivity contribution is 0.227. The van der Waals surface area contributed by atoms with Crippen molar-refractivity contribution in [2.75, 3.05) is 0 Å². The second kappa shape index (κ2) is 3.27. The minimum absolute atomic E-state index is 0.730. The van der Waals surface area contributed by atoms with Crippen LogP contribution >= 0.6 is 0 Å². The van der Waals surface area contributed by atoms with E-state index in [1.54, 1.807) is 6.20 Å². The molecule has 2 unspecified atom stereocenters. The summed E-state index contributed by atoms with van der Waals surface area (Å²) in [5.41, 5.74) is 1.18. The predicted molar refractivity (Wildman–Crippen MR) is 47.6 cm³/mol. The smallest absolute Gasteiger partial charge is 0.0490 e. The van der Waals surface area contributed by atoms with Crippen molar-refractivity contribution in [3.05, 3.63) is 18.0 Å². The van der Waals surface area contributed by atoms with E-state index in [9.17, 15) is 0 Å². The first-order chi connectivity index (χ1) is 5.86. The molecule has 0 spiro atoms. The van der Waals surface area contributed by atoms with Gasteiger partial charge in [-0.3, -0.25) is 5.10 Å². The van der Waals surface area contributed by atoms with Crippen LogP contribution in [0.1, 0.15) is 25.5 Å². The van der Waals surface area contributed by atoms with Gasteiger partial charge in [0.25, 0.3) is 0 Å². The largest absolute Gasteiger partial charge is 0.308 e. The molecule has 1 aliphatic rings. The zero-order valence-corrected chi connectivity index (χ0v) is 7.38. The maximum Gasteiger partial charge on any atom is 0.0490 e. The van der Waals surface area contributed by atoms with Crippen molar-refractivity contribution in [3.8, 4) is 0 Å². The van der Waals surface area contributed by atoms with Crippen molar-refractivity contribution in [3.63, 3.8) is 0 Å². The Balaban J connectivity index is 1.75. The van der Waals surface area contributed by atoms with Crippen LogP contribution in [-0.2, 0) is 6.54 Å². The van der Waals surface area contributed by atoms with Gasteiger partial charge >= 0.3 is 0 Å². The molecule has 0 bridgehead atoms. The molecule has 2 N–H and O–H groups in total. The van der Waals surface area contributed by atoms with Crippen LogP contribution in [0.5, 0.6) is 0 Å². The van der Waals surface area contributed by atoms with Crippen molar-refractivity contribution in [1.29, 1.82) is 0 Å². The van der Waals surface area contributed by atoms with E-state index >= 15 is 0 Å². The topological polar surface area (TPSA) is 40.7 Å². The third-order valence-electron chi connectivity index (χ3n) is 2.73. The number of rotatable bonds is 3. The van der Waals surface area contributed by atoms with Gasteiger partial charge in [0, 0.05) is 24.5 Å². The van der Waals surface area contributed by atoms with Gasteiger partial charge < -0.3 is 5.32 Å². The summed E-state index contributed by atoms with van der Waals surface area (Å²) in [5, 5.41) is 10.3. The van der Waals surface area contributed by atoms with Gasteiger partial charge in [-0.2, -0.15) is 5.10 Å². The van der Waals surface area contributed by atoms with E-state index in [0.29, 0.717) is 0 Å². The van der Waals surface area contributed by atoms with Crippen LogP contribution in [0.25, 0.3) is 0 Å². The molecule has 3 nitrogen and oxygen atoms in total. The first-order valence-electron chi connectivity index (χ1n) is 4.58. The summed E-state index contributed by atoms with van der Waals surface area (Å²) in [5.74, 6) is 0.855. The van der Waals surface area contributed by atoms with Crippen molar-refractivity contribution >= 4 is 0 Å². The molecule has 2 atom stereocenters. The van der Waals surface area contributed by atoms with E-state index in [1.807, 2.05) is 6.07 Å². The Labute approximate surface area is 72.6 Å². The standard InChI is InChI=1S/C9H15N3/c1-7-2-3-9(7)10-6-8-4-5-11-12-8/h4-5,7,9-10H,2-3,6H2,1H3,(H,11,12). The number of aromatic nitrogens is 2. The van der Waals surface area contributed by atoms with E-state index in [-0.39, 0.29) is 0 Å². The Bertz CT molecular complexity index is 230. The molecule has 0 aliphatic heterocycles. The zero-order valence-electron chi connectivity index (χ0n) is 7.38. The molecular formula is C9H15N3. The second-order valence-electron chi connectivity index (χ2n) is 3.62. The van der Waals surface area contributed by atoms with E-state index < -0.39 is 0 Å². The van der Waals surface area contributed by atoms with Crippen LogP contribution in [0.4, 0.5) is 0 Å². The highest BCUT2D eigenvalue weighted by molar-refractivity contribution is 4.98. The lowest BCUT2D eigenvalue weighted by Gasteiger charge is -2.34. The molecule has 0 radical (unpaired) electrons. The number of hydrogen-bond acceptors (Lipinski definition) is 2. The van der Waals surface area contributed by atoms with Crippen molar-refractivity contribution < 1.29 is 0 Å². The van der Waals surface area contributed by atoms with Gasteiger partial charge in [-0.1, -0.05) is 6.92 Å². The van der Waals surface area contributed by atoms with Gasteiger partial charge in [0.05, 0.1) is 0 Å². The van der Waals surface area contributed by atoms with Crippen LogP contribution in [0, 0.1) is 5.92 Å².